The summed E-state index contributed by atoms with van der Waals surface area (Å²) in [5.41, 5.74) is 5.07. The fourth-order valence-electron chi connectivity index (χ4n) is 7.56. The molecule has 2 nitrogen and oxygen atoms in total. The first-order valence-corrected chi connectivity index (χ1v) is 11.2. The number of carbonyl (C=O) groups excluding carboxylic acids is 1. The Balaban J connectivity index is 1.44. The molecule has 1 unspecified atom stereocenters. The average molecular weight is 376 g/mol. The molecule has 2 saturated carbocycles. The largest absolute Gasteiger partial charge is 0.299 e. The second-order valence-corrected chi connectivity index (χ2v) is 10.3. The summed E-state index contributed by atoms with van der Waals surface area (Å²) in [6.45, 7) is 7.40. The Hall–Kier alpha value is -1.70. The zero-order valence-corrected chi connectivity index (χ0v) is 17.6. The zero-order valence-electron chi connectivity index (χ0n) is 17.6. The van der Waals surface area contributed by atoms with Crippen LogP contribution in [0.25, 0.3) is 0 Å². The highest BCUT2D eigenvalue weighted by molar-refractivity contribution is 5.82. The molecule has 5 rings (SSSR count). The van der Waals surface area contributed by atoms with Gasteiger partial charge in [-0.05, 0) is 72.3 Å². The van der Waals surface area contributed by atoms with Gasteiger partial charge in [0.2, 0.25) is 0 Å². The number of Topliss-reactive ketones (excluding diaryl/α,β-unsaturated/α-hetero) is 1. The summed E-state index contributed by atoms with van der Waals surface area (Å²) >= 11 is 0. The molecule has 148 valence electrons. The van der Waals surface area contributed by atoms with Gasteiger partial charge in [0.1, 0.15) is 5.78 Å². The first-order chi connectivity index (χ1) is 13.4. The Labute approximate surface area is 169 Å². The minimum atomic E-state index is 0.274. The van der Waals surface area contributed by atoms with Crippen molar-refractivity contribution in [1.82, 2.24) is 4.98 Å². The number of ketones is 1. The Morgan fingerprint density at radius 2 is 1.96 bits per heavy atom. The fraction of sp³-hybridized carbons (Fsp3) is 0.615. The summed E-state index contributed by atoms with van der Waals surface area (Å²) in [6.07, 6.45) is 16.6. The van der Waals surface area contributed by atoms with Crippen molar-refractivity contribution in [2.75, 3.05) is 0 Å². The van der Waals surface area contributed by atoms with E-state index in [4.69, 9.17) is 0 Å². The molecule has 2 fully saturated rings. The summed E-state index contributed by atoms with van der Waals surface area (Å²) in [6, 6.07) is 4.30. The summed E-state index contributed by atoms with van der Waals surface area (Å²) < 4.78 is 0. The molecule has 6 atom stereocenters. The first kappa shape index (κ1) is 18.3. The van der Waals surface area contributed by atoms with Gasteiger partial charge in [-0.1, -0.05) is 50.1 Å². The molecule has 0 spiro atoms. The highest BCUT2D eigenvalue weighted by Gasteiger charge is 2.57. The molecule has 1 heterocycles. The molecular formula is C26H33NO. The molecule has 1 aromatic rings. The molecule has 0 N–H and O–H groups in total. The normalized spacial score (nSPS) is 40.7. The second kappa shape index (κ2) is 6.40. The average Bonchev–Trinajstić information content (AvgIpc) is 3.06. The minimum Gasteiger partial charge on any atom is -0.299 e. The van der Waals surface area contributed by atoms with Gasteiger partial charge in [0.15, 0.2) is 0 Å². The number of fused-ring (bicyclic) bond motifs is 5. The van der Waals surface area contributed by atoms with Crippen molar-refractivity contribution < 1.29 is 4.79 Å². The van der Waals surface area contributed by atoms with E-state index in [2.05, 4.69) is 50.0 Å². The highest BCUT2D eigenvalue weighted by atomic mass is 16.1. The van der Waals surface area contributed by atoms with Gasteiger partial charge in [-0.25, -0.2) is 0 Å². The molecule has 28 heavy (non-hydrogen) atoms. The Morgan fingerprint density at radius 1 is 1.11 bits per heavy atom. The first-order valence-electron chi connectivity index (χ1n) is 11.2. The Bertz CT molecular complexity index is 852. The summed E-state index contributed by atoms with van der Waals surface area (Å²) in [7, 11) is 0. The van der Waals surface area contributed by atoms with Gasteiger partial charge < -0.3 is 0 Å². The van der Waals surface area contributed by atoms with E-state index in [0.717, 1.165) is 37.0 Å². The minimum absolute atomic E-state index is 0.274. The lowest BCUT2D eigenvalue weighted by molar-refractivity contribution is -0.122. The van der Waals surface area contributed by atoms with E-state index in [1.54, 1.807) is 5.57 Å². The van der Waals surface area contributed by atoms with Crippen LogP contribution in [-0.4, -0.2) is 10.8 Å². The topological polar surface area (TPSA) is 30.0 Å². The molecule has 4 aliphatic carbocycles. The SMILES string of the molecule is CC(C1=CC[C@H]2[C@@H]3CC=C4CC(=O)CC[C@]4(C)[C@H]3CC[C@]12C)c1cccnc1. The predicted octanol–water partition coefficient (Wildman–Crippen LogP) is 6.25. The number of carbonyl (C=O) groups is 1. The monoisotopic (exact) mass is 375 g/mol. The van der Waals surface area contributed by atoms with Crippen LogP contribution in [0.4, 0.5) is 0 Å². The number of aromatic nitrogens is 1. The molecule has 1 aromatic heterocycles. The van der Waals surface area contributed by atoms with Crippen molar-refractivity contribution in [2.45, 2.75) is 71.6 Å². The maximum atomic E-state index is 12.1. The van der Waals surface area contributed by atoms with Crippen LogP contribution in [0.5, 0.6) is 0 Å². The quantitative estimate of drug-likeness (QED) is 0.572. The lowest BCUT2D eigenvalue weighted by atomic mass is 9.47. The number of pyridine rings is 1. The summed E-state index contributed by atoms with van der Waals surface area (Å²) in [5.74, 6) is 3.21. The standard InChI is InChI=1S/C26H33NO/c1-17(18-5-4-14-27-16-18)22-8-9-23-21-7-6-19-15-20(28)10-12-25(19,2)24(21)11-13-26(22,23)3/h4-6,8,14,16-17,21,23-24H,7,9-13,15H2,1-3H3/t17?,21-,23-,24-,25-,26+/m0/s1. The van der Waals surface area contributed by atoms with Crippen molar-refractivity contribution in [3.8, 4) is 0 Å². The molecule has 0 bridgehead atoms. The third-order valence-corrected chi connectivity index (χ3v) is 9.23. The molecule has 0 amide bonds. The van der Waals surface area contributed by atoms with E-state index < -0.39 is 0 Å². The van der Waals surface area contributed by atoms with Crippen molar-refractivity contribution in [3.05, 3.63) is 53.4 Å². The molecule has 0 radical (unpaired) electrons. The lowest BCUT2D eigenvalue weighted by Gasteiger charge is -2.57. The van der Waals surface area contributed by atoms with Crippen LogP contribution in [-0.2, 0) is 4.79 Å². The van der Waals surface area contributed by atoms with Crippen molar-refractivity contribution in [2.24, 2.45) is 28.6 Å². The highest BCUT2D eigenvalue weighted by Crippen LogP contribution is 2.66. The molecule has 2 heteroatoms. The third-order valence-electron chi connectivity index (χ3n) is 9.23. The van der Waals surface area contributed by atoms with Crippen LogP contribution < -0.4 is 0 Å². The zero-order chi connectivity index (χ0) is 19.5. The fourth-order valence-corrected chi connectivity index (χ4v) is 7.56. The van der Waals surface area contributed by atoms with Crippen LogP contribution in [0.3, 0.4) is 0 Å². The molecule has 0 aromatic carbocycles. The predicted molar refractivity (Wildman–Crippen MR) is 113 cm³/mol. The number of nitrogens with zero attached hydrogens (tertiary/aromatic N) is 1. The molecule has 0 saturated heterocycles. The van der Waals surface area contributed by atoms with Crippen LogP contribution in [0.15, 0.2) is 47.8 Å². The Morgan fingerprint density at radius 3 is 2.75 bits per heavy atom. The van der Waals surface area contributed by atoms with E-state index in [0.29, 0.717) is 17.1 Å². The number of hydrogen-bond acceptors (Lipinski definition) is 2. The Kier molecular flexibility index (Phi) is 4.19. The van der Waals surface area contributed by atoms with Crippen molar-refractivity contribution >= 4 is 5.78 Å². The van der Waals surface area contributed by atoms with E-state index in [1.807, 2.05) is 12.4 Å². The van der Waals surface area contributed by atoms with Gasteiger partial charge in [-0.3, -0.25) is 9.78 Å². The number of allylic oxidation sites excluding steroid dienone is 4. The second-order valence-electron chi connectivity index (χ2n) is 10.3. The summed E-state index contributed by atoms with van der Waals surface area (Å²) in [4.78, 5) is 16.4. The van der Waals surface area contributed by atoms with Gasteiger partial charge in [0.05, 0.1) is 0 Å². The maximum Gasteiger partial charge on any atom is 0.136 e. The van der Waals surface area contributed by atoms with Gasteiger partial charge in [-0.2, -0.15) is 0 Å². The van der Waals surface area contributed by atoms with Gasteiger partial charge in [0, 0.05) is 31.2 Å². The molecular weight excluding hydrogens is 342 g/mol. The molecule has 4 aliphatic rings. The third kappa shape index (κ3) is 2.52. The maximum absolute atomic E-state index is 12.1. The van der Waals surface area contributed by atoms with E-state index in [1.165, 1.54) is 36.8 Å². The van der Waals surface area contributed by atoms with Gasteiger partial charge in [-0.15, -0.1) is 0 Å². The van der Waals surface area contributed by atoms with Crippen LogP contribution in [0.1, 0.15) is 77.2 Å². The van der Waals surface area contributed by atoms with Crippen LogP contribution >= 0.6 is 0 Å². The van der Waals surface area contributed by atoms with Crippen molar-refractivity contribution in [1.29, 1.82) is 0 Å². The summed E-state index contributed by atoms with van der Waals surface area (Å²) in [5, 5.41) is 0. The van der Waals surface area contributed by atoms with Gasteiger partial charge in [0.25, 0.3) is 0 Å². The number of rotatable bonds is 2. The van der Waals surface area contributed by atoms with E-state index >= 15 is 0 Å². The van der Waals surface area contributed by atoms with Gasteiger partial charge >= 0.3 is 0 Å². The lowest BCUT2D eigenvalue weighted by Crippen LogP contribution is -2.49. The number of hydrogen-bond donors (Lipinski definition) is 0. The molecule has 0 aliphatic heterocycles. The smallest absolute Gasteiger partial charge is 0.136 e. The van der Waals surface area contributed by atoms with Crippen molar-refractivity contribution in [3.63, 3.8) is 0 Å². The van der Waals surface area contributed by atoms with E-state index in [9.17, 15) is 4.79 Å². The van der Waals surface area contributed by atoms with Crippen LogP contribution in [0, 0.1) is 28.6 Å². The van der Waals surface area contributed by atoms with E-state index in [-0.39, 0.29) is 5.41 Å². The van der Waals surface area contributed by atoms with Crippen LogP contribution in [0.2, 0.25) is 0 Å².